The molecule has 166 valence electrons. The van der Waals surface area contributed by atoms with Crippen LogP contribution in [0.2, 0.25) is 0 Å². The van der Waals surface area contributed by atoms with Crippen LogP contribution < -0.4 is 0 Å². The zero-order chi connectivity index (χ0) is 22.3. The van der Waals surface area contributed by atoms with Gasteiger partial charge in [0.15, 0.2) is 9.84 Å². The van der Waals surface area contributed by atoms with E-state index in [1.54, 1.807) is 29.2 Å². The van der Waals surface area contributed by atoms with Gasteiger partial charge in [0.1, 0.15) is 11.5 Å². The van der Waals surface area contributed by atoms with E-state index in [2.05, 4.69) is 9.64 Å². The highest BCUT2D eigenvalue weighted by Crippen LogP contribution is 2.14. The van der Waals surface area contributed by atoms with Crippen molar-refractivity contribution < 1.29 is 27.2 Å². The Bertz CT molecular complexity index is 1030. The molecule has 0 atom stereocenters. The number of ether oxygens (including phenoxy) is 1. The molecule has 0 saturated carbocycles. The van der Waals surface area contributed by atoms with Crippen LogP contribution in [0.3, 0.4) is 0 Å². The minimum absolute atomic E-state index is 0.151. The summed E-state index contributed by atoms with van der Waals surface area (Å²) >= 11 is 0. The molecule has 31 heavy (non-hydrogen) atoms. The molecule has 1 aliphatic rings. The van der Waals surface area contributed by atoms with Crippen molar-refractivity contribution >= 4 is 27.8 Å². The van der Waals surface area contributed by atoms with Gasteiger partial charge >= 0.3 is 5.97 Å². The first-order chi connectivity index (χ1) is 14.9. The standard InChI is InChI=1S/C22H26N2O6S/c1-29-22(26)20-9-8-19(30-20)16-23-11-5-12-24(14-13-23)21(25)17-31(27,28)15-10-18-6-3-2-4-7-18/h2-4,6-10,15H,5,11-14,16-17H2,1H3/b15-10+. The lowest BCUT2D eigenvalue weighted by atomic mass is 10.2. The first-order valence-corrected chi connectivity index (χ1v) is 11.7. The van der Waals surface area contributed by atoms with Crippen LogP contribution in [0.25, 0.3) is 6.08 Å². The van der Waals surface area contributed by atoms with Crippen LogP contribution in [-0.2, 0) is 25.9 Å². The number of furan rings is 1. The fourth-order valence-electron chi connectivity index (χ4n) is 3.33. The average molecular weight is 447 g/mol. The number of benzene rings is 1. The molecule has 1 aromatic heterocycles. The third-order valence-corrected chi connectivity index (χ3v) is 6.16. The molecule has 0 radical (unpaired) electrons. The number of hydrogen-bond acceptors (Lipinski definition) is 7. The number of rotatable bonds is 7. The predicted molar refractivity (Wildman–Crippen MR) is 116 cm³/mol. The molecule has 0 aliphatic carbocycles. The second kappa shape index (κ2) is 10.4. The monoisotopic (exact) mass is 446 g/mol. The van der Waals surface area contributed by atoms with Crippen molar-refractivity contribution in [3.63, 3.8) is 0 Å². The fourth-order valence-corrected chi connectivity index (χ4v) is 4.32. The van der Waals surface area contributed by atoms with Crippen LogP contribution >= 0.6 is 0 Å². The highest BCUT2D eigenvalue weighted by molar-refractivity contribution is 7.95. The van der Waals surface area contributed by atoms with Gasteiger partial charge in [-0.1, -0.05) is 30.3 Å². The highest BCUT2D eigenvalue weighted by Gasteiger charge is 2.23. The molecular formula is C22H26N2O6S. The van der Waals surface area contributed by atoms with Crippen molar-refractivity contribution in [3.05, 3.63) is 65.0 Å². The van der Waals surface area contributed by atoms with E-state index in [9.17, 15) is 18.0 Å². The minimum atomic E-state index is -3.65. The Kier molecular flexibility index (Phi) is 7.64. The third kappa shape index (κ3) is 6.80. The molecule has 2 heterocycles. The van der Waals surface area contributed by atoms with E-state index in [1.165, 1.54) is 13.2 Å². The van der Waals surface area contributed by atoms with Gasteiger partial charge in [0.25, 0.3) is 0 Å². The molecule has 1 aromatic carbocycles. The summed E-state index contributed by atoms with van der Waals surface area (Å²) in [5.41, 5.74) is 0.761. The first kappa shape index (κ1) is 22.8. The summed E-state index contributed by atoms with van der Waals surface area (Å²) < 4.78 is 34.8. The lowest BCUT2D eigenvalue weighted by molar-refractivity contribution is -0.128. The van der Waals surface area contributed by atoms with Crippen molar-refractivity contribution in [2.75, 3.05) is 39.0 Å². The largest absolute Gasteiger partial charge is 0.463 e. The number of carbonyl (C=O) groups excluding carboxylic acids is 2. The number of nitrogens with zero attached hydrogens (tertiary/aromatic N) is 2. The van der Waals surface area contributed by atoms with Crippen LogP contribution in [0.15, 0.2) is 52.3 Å². The second-order valence-corrected chi connectivity index (χ2v) is 9.18. The fraction of sp³-hybridized carbons (Fsp3) is 0.364. The number of carbonyl (C=O) groups is 2. The Balaban J connectivity index is 1.52. The van der Waals surface area contributed by atoms with E-state index in [4.69, 9.17) is 4.42 Å². The van der Waals surface area contributed by atoms with Gasteiger partial charge < -0.3 is 14.1 Å². The van der Waals surface area contributed by atoms with Crippen molar-refractivity contribution in [3.8, 4) is 0 Å². The summed E-state index contributed by atoms with van der Waals surface area (Å²) in [5, 5.41) is 1.10. The molecule has 1 saturated heterocycles. The van der Waals surface area contributed by atoms with Gasteiger partial charge in [0.2, 0.25) is 11.7 Å². The van der Waals surface area contributed by atoms with Gasteiger partial charge in [0.05, 0.1) is 13.7 Å². The summed E-state index contributed by atoms with van der Waals surface area (Å²) in [7, 11) is -2.36. The van der Waals surface area contributed by atoms with Crippen LogP contribution in [0.5, 0.6) is 0 Å². The number of hydrogen-bond donors (Lipinski definition) is 0. The van der Waals surface area contributed by atoms with Gasteiger partial charge in [-0.05, 0) is 30.2 Å². The van der Waals surface area contributed by atoms with E-state index in [0.29, 0.717) is 31.9 Å². The molecule has 1 aliphatic heterocycles. The van der Waals surface area contributed by atoms with E-state index < -0.39 is 27.5 Å². The molecule has 0 bridgehead atoms. The van der Waals surface area contributed by atoms with Gasteiger partial charge in [-0.2, -0.15) is 0 Å². The van der Waals surface area contributed by atoms with E-state index >= 15 is 0 Å². The first-order valence-electron chi connectivity index (χ1n) is 9.99. The molecule has 9 heteroatoms. The maximum absolute atomic E-state index is 12.6. The van der Waals surface area contributed by atoms with E-state index in [1.807, 2.05) is 18.2 Å². The number of sulfone groups is 1. The normalized spacial score (nSPS) is 15.7. The van der Waals surface area contributed by atoms with Gasteiger partial charge in [-0.3, -0.25) is 9.69 Å². The zero-order valence-electron chi connectivity index (χ0n) is 17.4. The topological polar surface area (TPSA) is 97.1 Å². The summed E-state index contributed by atoms with van der Waals surface area (Å²) in [6.45, 7) is 2.75. The smallest absolute Gasteiger partial charge is 0.373 e. The SMILES string of the molecule is COC(=O)c1ccc(CN2CCCN(C(=O)CS(=O)(=O)/C=C/c3ccccc3)CC2)o1. The Morgan fingerprint density at radius 1 is 1.06 bits per heavy atom. The second-order valence-electron chi connectivity index (χ2n) is 7.29. The van der Waals surface area contributed by atoms with Crippen molar-refractivity contribution in [2.45, 2.75) is 13.0 Å². The molecule has 0 unspecified atom stereocenters. The Morgan fingerprint density at radius 2 is 1.84 bits per heavy atom. The lowest BCUT2D eigenvalue weighted by Crippen LogP contribution is -2.38. The number of esters is 1. The molecule has 3 rings (SSSR count). The molecule has 2 aromatic rings. The molecule has 0 spiro atoms. The van der Waals surface area contributed by atoms with Crippen LogP contribution in [0.1, 0.15) is 28.3 Å². The Hall–Kier alpha value is -2.91. The number of amides is 1. The van der Waals surface area contributed by atoms with Crippen LogP contribution in [0, 0.1) is 0 Å². The van der Waals surface area contributed by atoms with E-state index in [0.717, 1.165) is 23.9 Å². The van der Waals surface area contributed by atoms with E-state index in [-0.39, 0.29) is 5.76 Å². The van der Waals surface area contributed by atoms with Crippen molar-refractivity contribution in [2.24, 2.45) is 0 Å². The molecule has 8 nitrogen and oxygen atoms in total. The van der Waals surface area contributed by atoms with Gasteiger partial charge in [-0.15, -0.1) is 0 Å². The number of methoxy groups -OCH3 is 1. The predicted octanol–water partition coefficient (Wildman–Crippen LogP) is 2.19. The zero-order valence-corrected chi connectivity index (χ0v) is 18.2. The highest BCUT2D eigenvalue weighted by atomic mass is 32.2. The van der Waals surface area contributed by atoms with Crippen LogP contribution in [-0.4, -0.2) is 69.1 Å². The maximum Gasteiger partial charge on any atom is 0.373 e. The molecular weight excluding hydrogens is 420 g/mol. The van der Waals surface area contributed by atoms with Crippen LogP contribution in [0.4, 0.5) is 0 Å². The summed E-state index contributed by atoms with van der Waals surface area (Å²) in [4.78, 5) is 27.8. The Labute approximate surface area is 182 Å². The summed E-state index contributed by atoms with van der Waals surface area (Å²) in [5.74, 6) is -0.685. The average Bonchev–Trinajstić information content (AvgIpc) is 3.09. The minimum Gasteiger partial charge on any atom is -0.463 e. The quantitative estimate of drug-likeness (QED) is 0.602. The van der Waals surface area contributed by atoms with Gasteiger partial charge in [0, 0.05) is 31.6 Å². The van der Waals surface area contributed by atoms with Gasteiger partial charge in [-0.25, -0.2) is 13.2 Å². The Morgan fingerprint density at radius 3 is 2.58 bits per heavy atom. The third-order valence-electron chi connectivity index (χ3n) is 4.96. The van der Waals surface area contributed by atoms with Crippen molar-refractivity contribution in [1.82, 2.24) is 9.80 Å². The van der Waals surface area contributed by atoms with Crippen molar-refractivity contribution in [1.29, 1.82) is 0 Å². The summed E-state index contributed by atoms with van der Waals surface area (Å²) in [6, 6.07) is 12.4. The summed E-state index contributed by atoms with van der Waals surface area (Å²) in [6.07, 6.45) is 2.22. The molecule has 1 amide bonds. The molecule has 1 fully saturated rings. The maximum atomic E-state index is 12.6. The lowest BCUT2D eigenvalue weighted by Gasteiger charge is -2.21. The molecule has 0 N–H and O–H groups in total.